The molecule has 0 saturated carbocycles. The number of alkyl halides is 1. The van der Waals surface area contributed by atoms with Gasteiger partial charge in [-0.15, -0.1) is 0 Å². The van der Waals surface area contributed by atoms with Crippen molar-refractivity contribution < 1.29 is 9.47 Å². The lowest BCUT2D eigenvalue weighted by atomic mass is 10.2. The van der Waals surface area contributed by atoms with E-state index in [-0.39, 0.29) is 0 Å². The molecule has 1 rings (SSSR count). The van der Waals surface area contributed by atoms with E-state index in [4.69, 9.17) is 9.47 Å². The quantitative estimate of drug-likeness (QED) is 0.510. The Morgan fingerprint density at radius 1 is 0.944 bits per heavy atom. The number of allylic oxidation sites excluding steroid dienone is 2. The summed E-state index contributed by atoms with van der Waals surface area (Å²) in [4.78, 5) is 0. The van der Waals surface area contributed by atoms with Crippen molar-refractivity contribution in [3.05, 3.63) is 48.4 Å². The van der Waals surface area contributed by atoms with Gasteiger partial charge < -0.3 is 9.47 Å². The first-order valence-corrected chi connectivity index (χ1v) is 7.25. The summed E-state index contributed by atoms with van der Waals surface area (Å²) >= 11 is 3.44. The normalized spacial score (nSPS) is 11.3. The first kappa shape index (κ1) is 14.8. The minimum Gasteiger partial charge on any atom is -0.465 e. The minimum absolute atomic E-state index is 0.773. The molecule has 0 aromatic heterocycles. The molecule has 1 aromatic carbocycles. The summed E-state index contributed by atoms with van der Waals surface area (Å²) in [6.45, 7) is 4.14. The molecule has 0 amide bonds. The van der Waals surface area contributed by atoms with E-state index in [0.717, 1.165) is 35.2 Å². The highest BCUT2D eigenvalue weighted by atomic mass is 79.9. The Bertz CT molecular complexity index is 377. The summed E-state index contributed by atoms with van der Waals surface area (Å²) in [7, 11) is 0. The van der Waals surface area contributed by atoms with Crippen LogP contribution in [0, 0.1) is 0 Å². The average Bonchev–Trinajstić information content (AvgIpc) is 2.39. The van der Waals surface area contributed by atoms with Crippen LogP contribution in [0.25, 0.3) is 0 Å². The van der Waals surface area contributed by atoms with Crippen LogP contribution >= 0.6 is 15.9 Å². The van der Waals surface area contributed by atoms with Gasteiger partial charge in [0.2, 0.25) is 0 Å². The van der Waals surface area contributed by atoms with E-state index in [9.17, 15) is 0 Å². The summed E-state index contributed by atoms with van der Waals surface area (Å²) in [6.07, 6.45) is 9.27. The molecule has 0 heterocycles. The molecule has 0 fully saturated rings. The zero-order chi connectivity index (χ0) is 13.2. The van der Waals surface area contributed by atoms with Gasteiger partial charge in [-0.3, -0.25) is 0 Å². The van der Waals surface area contributed by atoms with E-state index in [1.807, 2.05) is 30.4 Å². The molecule has 0 aliphatic rings. The summed E-state index contributed by atoms with van der Waals surface area (Å²) in [6, 6.07) is 5.86. The van der Waals surface area contributed by atoms with Gasteiger partial charge in [0.25, 0.3) is 0 Å². The zero-order valence-corrected chi connectivity index (χ0v) is 12.4. The molecule has 0 aliphatic carbocycles. The predicted molar refractivity (Wildman–Crippen MR) is 79.2 cm³/mol. The largest absolute Gasteiger partial charge is 0.465 e. The van der Waals surface area contributed by atoms with Gasteiger partial charge in [-0.2, -0.15) is 0 Å². The van der Waals surface area contributed by atoms with Crippen LogP contribution in [0.3, 0.4) is 0 Å². The molecule has 2 nitrogen and oxygen atoms in total. The third-order valence-electron chi connectivity index (χ3n) is 2.17. The molecule has 0 saturated heterocycles. The topological polar surface area (TPSA) is 18.5 Å². The SMILES string of the molecule is CCC=COc1cc(CBr)cc(OC=CCC)c1. The van der Waals surface area contributed by atoms with Crippen LogP contribution in [0.2, 0.25) is 0 Å². The van der Waals surface area contributed by atoms with E-state index in [1.54, 1.807) is 12.5 Å². The maximum Gasteiger partial charge on any atom is 0.130 e. The summed E-state index contributed by atoms with van der Waals surface area (Å²) in [5.74, 6) is 1.58. The van der Waals surface area contributed by atoms with Gasteiger partial charge in [-0.05, 0) is 42.7 Å². The van der Waals surface area contributed by atoms with Crippen molar-refractivity contribution in [2.24, 2.45) is 0 Å². The van der Waals surface area contributed by atoms with Crippen molar-refractivity contribution in [1.29, 1.82) is 0 Å². The van der Waals surface area contributed by atoms with Gasteiger partial charge in [-0.1, -0.05) is 29.8 Å². The maximum absolute atomic E-state index is 5.53. The van der Waals surface area contributed by atoms with E-state index in [1.165, 1.54) is 0 Å². The van der Waals surface area contributed by atoms with Gasteiger partial charge in [0, 0.05) is 11.4 Å². The fraction of sp³-hybridized carbons (Fsp3) is 0.333. The highest BCUT2D eigenvalue weighted by molar-refractivity contribution is 9.08. The van der Waals surface area contributed by atoms with Crippen LogP contribution < -0.4 is 9.47 Å². The standard InChI is InChI=1S/C15H19BrO2/c1-3-5-7-17-14-9-13(12-16)10-15(11-14)18-8-6-4-2/h5-11H,3-4,12H2,1-2H3. The molecule has 0 N–H and O–H groups in total. The number of hydrogen-bond acceptors (Lipinski definition) is 2. The smallest absolute Gasteiger partial charge is 0.130 e. The number of rotatable bonds is 7. The molecular formula is C15H19BrO2. The van der Waals surface area contributed by atoms with Crippen LogP contribution in [0.4, 0.5) is 0 Å². The van der Waals surface area contributed by atoms with Crippen LogP contribution in [0.5, 0.6) is 11.5 Å². The van der Waals surface area contributed by atoms with Gasteiger partial charge in [0.1, 0.15) is 11.5 Å². The third kappa shape index (κ3) is 5.41. The molecule has 98 valence electrons. The molecule has 18 heavy (non-hydrogen) atoms. The first-order valence-electron chi connectivity index (χ1n) is 6.13. The van der Waals surface area contributed by atoms with Crippen LogP contribution in [-0.2, 0) is 5.33 Å². The molecule has 0 bridgehead atoms. The Kier molecular flexibility index (Phi) is 7.26. The summed E-state index contributed by atoms with van der Waals surface area (Å²) in [5, 5.41) is 0.773. The van der Waals surface area contributed by atoms with E-state index >= 15 is 0 Å². The predicted octanol–water partition coefficient (Wildman–Crippen LogP) is 5.19. The van der Waals surface area contributed by atoms with E-state index in [0.29, 0.717) is 0 Å². The molecule has 0 atom stereocenters. The third-order valence-corrected chi connectivity index (χ3v) is 2.81. The molecular weight excluding hydrogens is 292 g/mol. The molecule has 0 unspecified atom stereocenters. The number of ether oxygens (including phenoxy) is 2. The second-order valence-corrected chi connectivity index (χ2v) is 4.30. The van der Waals surface area contributed by atoms with Crippen LogP contribution in [0.15, 0.2) is 42.9 Å². The molecule has 0 aliphatic heterocycles. The Morgan fingerprint density at radius 2 is 1.44 bits per heavy atom. The lowest BCUT2D eigenvalue weighted by Gasteiger charge is -2.07. The van der Waals surface area contributed by atoms with Gasteiger partial charge >= 0.3 is 0 Å². The Morgan fingerprint density at radius 3 is 1.83 bits per heavy atom. The first-order chi connectivity index (χ1) is 8.80. The minimum atomic E-state index is 0.773. The van der Waals surface area contributed by atoms with Gasteiger partial charge in [0.15, 0.2) is 0 Å². The summed E-state index contributed by atoms with van der Waals surface area (Å²) in [5.41, 5.74) is 1.12. The second-order valence-electron chi connectivity index (χ2n) is 3.74. The lowest BCUT2D eigenvalue weighted by Crippen LogP contribution is -1.89. The monoisotopic (exact) mass is 310 g/mol. The second kappa shape index (κ2) is 8.81. The highest BCUT2D eigenvalue weighted by Gasteiger charge is 2.01. The van der Waals surface area contributed by atoms with Crippen molar-refractivity contribution in [2.75, 3.05) is 0 Å². The summed E-state index contributed by atoms with van der Waals surface area (Å²) < 4.78 is 11.1. The maximum atomic E-state index is 5.53. The highest BCUT2D eigenvalue weighted by Crippen LogP contribution is 2.25. The van der Waals surface area contributed by atoms with Gasteiger partial charge in [-0.25, -0.2) is 0 Å². The van der Waals surface area contributed by atoms with Gasteiger partial charge in [0.05, 0.1) is 12.5 Å². The van der Waals surface area contributed by atoms with Crippen molar-refractivity contribution >= 4 is 15.9 Å². The Balaban J connectivity index is 2.80. The van der Waals surface area contributed by atoms with E-state index in [2.05, 4.69) is 29.8 Å². The molecule has 3 heteroatoms. The van der Waals surface area contributed by atoms with Crippen molar-refractivity contribution in [3.8, 4) is 11.5 Å². The number of halogens is 1. The van der Waals surface area contributed by atoms with Crippen molar-refractivity contribution in [3.63, 3.8) is 0 Å². The molecule has 0 spiro atoms. The zero-order valence-electron chi connectivity index (χ0n) is 10.9. The molecule has 1 aromatic rings. The fourth-order valence-electron chi connectivity index (χ4n) is 1.29. The fourth-order valence-corrected chi connectivity index (χ4v) is 1.61. The van der Waals surface area contributed by atoms with E-state index < -0.39 is 0 Å². The molecule has 0 radical (unpaired) electrons. The Labute approximate surface area is 117 Å². The van der Waals surface area contributed by atoms with Crippen LogP contribution in [-0.4, -0.2) is 0 Å². The Hall–Kier alpha value is -1.22. The average molecular weight is 311 g/mol. The number of hydrogen-bond donors (Lipinski definition) is 0. The lowest BCUT2D eigenvalue weighted by molar-refractivity contribution is 0.456. The van der Waals surface area contributed by atoms with Crippen molar-refractivity contribution in [1.82, 2.24) is 0 Å². The van der Waals surface area contributed by atoms with Crippen molar-refractivity contribution in [2.45, 2.75) is 32.0 Å². The number of benzene rings is 1. The van der Waals surface area contributed by atoms with Crippen LogP contribution in [0.1, 0.15) is 32.3 Å².